The fourth-order valence-corrected chi connectivity index (χ4v) is 1.57. The van der Waals surface area contributed by atoms with Gasteiger partial charge in [-0.05, 0) is 25.1 Å². The van der Waals surface area contributed by atoms with Crippen molar-refractivity contribution in [2.75, 3.05) is 5.32 Å². The second kappa shape index (κ2) is 4.89. The Morgan fingerprint density at radius 2 is 2.00 bits per heavy atom. The Morgan fingerprint density at radius 1 is 1.26 bits per heavy atom. The highest BCUT2D eigenvalue weighted by Crippen LogP contribution is 2.21. The average molecular weight is 261 g/mol. The minimum absolute atomic E-state index is 0.114. The van der Waals surface area contributed by atoms with Gasteiger partial charge in [0, 0.05) is 5.39 Å². The molecule has 0 saturated heterocycles. The Bertz CT molecular complexity index is 656. The monoisotopic (exact) mass is 261 g/mol. The second-order valence-electron chi connectivity index (χ2n) is 3.96. The molecule has 0 spiro atoms. The van der Waals surface area contributed by atoms with E-state index in [1.54, 1.807) is 6.07 Å². The lowest BCUT2D eigenvalue weighted by Crippen LogP contribution is -2.26. The quantitative estimate of drug-likeness (QED) is 0.758. The Morgan fingerprint density at radius 3 is 2.63 bits per heavy atom. The van der Waals surface area contributed by atoms with Crippen LogP contribution in [0.5, 0.6) is 0 Å². The smallest absolute Gasteiger partial charge is 0.335 e. The van der Waals surface area contributed by atoms with Gasteiger partial charge < -0.3 is 15.5 Å². The molecule has 0 radical (unpaired) electrons. The third kappa shape index (κ3) is 2.59. The van der Waals surface area contributed by atoms with Crippen LogP contribution in [0.25, 0.3) is 10.9 Å². The molecule has 2 aromatic rings. The molecule has 2 rings (SSSR count). The van der Waals surface area contributed by atoms with Crippen molar-refractivity contribution in [1.29, 1.82) is 0 Å². The van der Waals surface area contributed by atoms with E-state index in [0.717, 1.165) is 0 Å². The number of aromatic carboxylic acids is 1. The van der Waals surface area contributed by atoms with E-state index >= 15 is 0 Å². The molecule has 98 valence electrons. The summed E-state index contributed by atoms with van der Waals surface area (Å²) in [4.78, 5) is 29.6. The summed E-state index contributed by atoms with van der Waals surface area (Å²) in [6.07, 6.45) is 1.25. The number of carboxylic acid groups (broad SMARTS) is 2. The van der Waals surface area contributed by atoms with Crippen LogP contribution in [0.3, 0.4) is 0 Å². The van der Waals surface area contributed by atoms with E-state index in [2.05, 4.69) is 15.3 Å². The lowest BCUT2D eigenvalue weighted by atomic mass is 10.1. The number of hydrogen-bond acceptors (Lipinski definition) is 5. The van der Waals surface area contributed by atoms with Gasteiger partial charge in [0.15, 0.2) is 0 Å². The van der Waals surface area contributed by atoms with Crippen molar-refractivity contribution < 1.29 is 19.8 Å². The maximum absolute atomic E-state index is 10.9. The number of carboxylic acids is 2. The SMILES string of the molecule is C[C@H](Nc1ncnc2cc(C(=O)O)ccc12)C(=O)O. The van der Waals surface area contributed by atoms with Gasteiger partial charge in [-0.3, -0.25) is 4.79 Å². The molecule has 3 N–H and O–H groups in total. The number of aromatic nitrogens is 2. The van der Waals surface area contributed by atoms with E-state index in [-0.39, 0.29) is 5.56 Å². The van der Waals surface area contributed by atoms with Crippen molar-refractivity contribution in [2.45, 2.75) is 13.0 Å². The molecule has 0 aliphatic rings. The number of aliphatic carboxylic acids is 1. The van der Waals surface area contributed by atoms with E-state index in [9.17, 15) is 9.59 Å². The second-order valence-corrected chi connectivity index (χ2v) is 3.96. The fraction of sp³-hybridized carbons (Fsp3) is 0.167. The summed E-state index contributed by atoms with van der Waals surface area (Å²) in [5.74, 6) is -1.69. The van der Waals surface area contributed by atoms with Crippen LogP contribution < -0.4 is 5.32 Å². The molecule has 1 aromatic heterocycles. The van der Waals surface area contributed by atoms with Gasteiger partial charge in [-0.2, -0.15) is 0 Å². The highest BCUT2D eigenvalue weighted by atomic mass is 16.4. The number of anilines is 1. The molecule has 0 saturated carbocycles. The first-order valence-corrected chi connectivity index (χ1v) is 5.46. The number of fused-ring (bicyclic) bond motifs is 1. The Labute approximate surface area is 107 Å². The molecule has 19 heavy (non-hydrogen) atoms. The largest absolute Gasteiger partial charge is 0.480 e. The maximum atomic E-state index is 10.9. The molecule has 0 aliphatic heterocycles. The summed E-state index contributed by atoms with van der Waals surface area (Å²) in [7, 11) is 0. The van der Waals surface area contributed by atoms with Gasteiger partial charge in [0.1, 0.15) is 18.2 Å². The van der Waals surface area contributed by atoms with Crippen LogP contribution in [0, 0.1) is 0 Å². The van der Waals surface area contributed by atoms with Gasteiger partial charge in [-0.15, -0.1) is 0 Å². The van der Waals surface area contributed by atoms with Crippen LogP contribution in [-0.2, 0) is 4.79 Å². The lowest BCUT2D eigenvalue weighted by Gasteiger charge is -2.11. The predicted octanol–water partition coefficient (Wildman–Crippen LogP) is 1.21. The minimum atomic E-state index is -1.05. The summed E-state index contributed by atoms with van der Waals surface area (Å²) >= 11 is 0. The van der Waals surface area contributed by atoms with E-state index in [1.165, 1.54) is 25.4 Å². The Balaban J connectivity index is 2.46. The number of hydrogen-bond donors (Lipinski definition) is 3. The van der Waals surface area contributed by atoms with Crippen LogP contribution in [0.1, 0.15) is 17.3 Å². The van der Waals surface area contributed by atoms with E-state index in [0.29, 0.717) is 16.7 Å². The van der Waals surface area contributed by atoms with Gasteiger partial charge in [0.05, 0.1) is 11.1 Å². The highest BCUT2D eigenvalue weighted by Gasteiger charge is 2.14. The molecule has 1 aromatic carbocycles. The molecule has 0 fully saturated rings. The first kappa shape index (κ1) is 12.7. The summed E-state index contributed by atoms with van der Waals surface area (Å²) in [5.41, 5.74) is 0.554. The van der Waals surface area contributed by atoms with E-state index < -0.39 is 18.0 Å². The third-order valence-corrected chi connectivity index (χ3v) is 2.61. The number of nitrogens with one attached hydrogen (secondary N) is 1. The van der Waals surface area contributed by atoms with Crippen LogP contribution in [0.4, 0.5) is 5.82 Å². The zero-order valence-electron chi connectivity index (χ0n) is 9.99. The van der Waals surface area contributed by atoms with Crippen molar-refractivity contribution in [3.63, 3.8) is 0 Å². The third-order valence-electron chi connectivity index (χ3n) is 2.61. The highest BCUT2D eigenvalue weighted by molar-refractivity contribution is 5.96. The van der Waals surface area contributed by atoms with Gasteiger partial charge in [-0.25, -0.2) is 14.8 Å². The molecule has 0 bridgehead atoms. The molecule has 1 atom stereocenters. The molecule has 0 aliphatic carbocycles. The molecular weight excluding hydrogens is 250 g/mol. The molecular formula is C12H11N3O4. The summed E-state index contributed by atoms with van der Waals surface area (Å²) in [6.45, 7) is 1.49. The lowest BCUT2D eigenvalue weighted by molar-refractivity contribution is -0.137. The van der Waals surface area contributed by atoms with E-state index in [1.807, 2.05) is 0 Å². The van der Waals surface area contributed by atoms with Crippen molar-refractivity contribution in [1.82, 2.24) is 9.97 Å². The number of rotatable bonds is 4. The maximum Gasteiger partial charge on any atom is 0.335 e. The van der Waals surface area contributed by atoms with Gasteiger partial charge >= 0.3 is 11.9 Å². The van der Waals surface area contributed by atoms with Crippen LogP contribution in [-0.4, -0.2) is 38.2 Å². The first-order valence-electron chi connectivity index (χ1n) is 5.46. The Hall–Kier alpha value is -2.70. The zero-order valence-corrected chi connectivity index (χ0v) is 9.99. The summed E-state index contributed by atoms with van der Waals surface area (Å²) in [6, 6.07) is 3.58. The summed E-state index contributed by atoms with van der Waals surface area (Å²) in [5, 5.41) is 21.0. The topological polar surface area (TPSA) is 112 Å². The van der Waals surface area contributed by atoms with Gasteiger partial charge in [0.2, 0.25) is 0 Å². The molecule has 7 heteroatoms. The number of nitrogens with zero attached hydrogens (tertiary/aromatic N) is 2. The summed E-state index contributed by atoms with van der Waals surface area (Å²) < 4.78 is 0. The van der Waals surface area contributed by atoms with Crippen LogP contribution in [0.15, 0.2) is 24.5 Å². The number of carbonyl (C=O) groups is 2. The zero-order chi connectivity index (χ0) is 14.0. The fourth-order valence-electron chi connectivity index (χ4n) is 1.57. The Kier molecular flexibility index (Phi) is 3.28. The molecule has 0 unspecified atom stereocenters. The number of benzene rings is 1. The normalized spacial score (nSPS) is 12.1. The van der Waals surface area contributed by atoms with Crippen molar-refractivity contribution in [3.05, 3.63) is 30.1 Å². The molecule has 1 heterocycles. The molecule has 0 amide bonds. The van der Waals surface area contributed by atoms with Crippen LogP contribution >= 0.6 is 0 Å². The standard InChI is InChI=1S/C12H11N3O4/c1-6(11(16)17)15-10-8-3-2-7(12(18)19)4-9(8)13-5-14-10/h2-6H,1H3,(H,16,17)(H,18,19)(H,13,14,15)/t6-/m0/s1. The average Bonchev–Trinajstić information content (AvgIpc) is 2.38. The van der Waals surface area contributed by atoms with Crippen molar-refractivity contribution in [3.8, 4) is 0 Å². The minimum Gasteiger partial charge on any atom is -0.480 e. The first-order chi connectivity index (χ1) is 8.99. The van der Waals surface area contributed by atoms with Crippen LogP contribution in [0.2, 0.25) is 0 Å². The van der Waals surface area contributed by atoms with Gasteiger partial charge in [-0.1, -0.05) is 0 Å². The predicted molar refractivity (Wildman–Crippen MR) is 67.2 cm³/mol. The van der Waals surface area contributed by atoms with Crippen molar-refractivity contribution >= 4 is 28.7 Å². The van der Waals surface area contributed by atoms with Gasteiger partial charge in [0.25, 0.3) is 0 Å². The molecule has 7 nitrogen and oxygen atoms in total. The van der Waals surface area contributed by atoms with Crippen molar-refractivity contribution in [2.24, 2.45) is 0 Å². The van der Waals surface area contributed by atoms with E-state index in [4.69, 9.17) is 10.2 Å².